The maximum atomic E-state index is 6.16. The standard InChI is InChI=1S/C22H24N4/c1-4-15-5-7-16(8-6-15)17-9-10-19-18(11-17)21-20(22(23)25-19)24-13-26(21)12-14(2)3/h5-11,13-14H,4,12H2,1-3H3,(H2,23,25). The maximum Gasteiger partial charge on any atom is 0.152 e. The van der Waals surface area contributed by atoms with Crippen LogP contribution in [0.3, 0.4) is 0 Å². The van der Waals surface area contributed by atoms with Crippen molar-refractivity contribution >= 4 is 27.8 Å². The van der Waals surface area contributed by atoms with Gasteiger partial charge in [-0.25, -0.2) is 9.97 Å². The summed E-state index contributed by atoms with van der Waals surface area (Å²) in [6.45, 7) is 7.50. The predicted octanol–water partition coefficient (Wildman–Crippen LogP) is 5.05. The van der Waals surface area contributed by atoms with E-state index in [1.54, 1.807) is 0 Å². The van der Waals surface area contributed by atoms with Crippen LogP contribution >= 0.6 is 0 Å². The van der Waals surface area contributed by atoms with Crippen LogP contribution in [0.1, 0.15) is 26.3 Å². The Labute approximate surface area is 153 Å². The highest BCUT2D eigenvalue weighted by atomic mass is 15.1. The van der Waals surface area contributed by atoms with E-state index in [1.165, 1.54) is 16.7 Å². The van der Waals surface area contributed by atoms with E-state index < -0.39 is 0 Å². The summed E-state index contributed by atoms with van der Waals surface area (Å²) < 4.78 is 2.20. The highest BCUT2D eigenvalue weighted by Crippen LogP contribution is 2.31. The van der Waals surface area contributed by atoms with E-state index in [2.05, 4.69) is 77.8 Å². The Hall–Kier alpha value is -2.88. The molecule has 2 aromatic carbocycles. The van der Waals surface area contributed by atoms with Gasteiger partial charge in [-0.1, -0.05) is 51.1 Å². The summed E-state index contributed by atoms with van der Waals surface area (Å²) in [6.07, 6.45) is 2.93. The Kier molecular flexibility index (Phi) is 4.11. The fourth-order valence-corrected chi connectivity index (χ4v) is 3.50. The van der Waals surface area contributed by atoms with Crippen LogP contribution in [0, 0.1) is 5.92 Å². The number of pyridine rings is 1. The number of hydrogen-bond acceptors (Lipinski definition) is 3. The quantitative estimate of drug-likeness (QED) is 0.563. The van der Waals surface area contributed by atoms with E-state index in [0.717, 1.165) is 34.9 Å². The number of aromatic nitrogens is 3. The number of fused-ring (bicyclic) bond motifs is 3. The molecule has 0 amide bonds. The molecule has 4 aromatic rings. The Balaban J connectivity index is 1.94. The average Bonchev–Trinajstić information content (AvgIpc) is 3.06. The number of rotatable bonds is 4. The topological polar surface area (TPSA) is 56.7 Å². The van der Waals surface area contributed by atoms with E-state index in [0.29, 0.717) is 11.7 Å². The molecule has 132 valence electrons. The summed E-state index contributed by atoms with van der Waals surface area (Å²) in [6, 6.07) is 15.1. The van der Waals surface area contributed by atoms with E-state index in [4.69, 9.17) is 5.73 Å². The number of hydrogen-bond donors (Lipinski definition) is 1. The second-order valence-electron chi connectivity index (χ2n) is 7.27. The molecule has 0 fully saturated rings. The number of imidazole rings is 1. The molecule has 4 heteroatoms. The van der Waals surface area contributed by atoms with Crippen LogP contribution in [0.5, 0.6) is 0 Å². The molecule has 0 saturated carbocycles. The van der Waals surface area contributed by atoms with Crippen LogP contribution in [0.2, 0.25) is 0 Å². The zero-order valence-corrected chi connectivity index (χ0v) is 15.5. The van der Waals surface area contributed by atoms with Gasteiger partial charge in [-0.15, -0.1) is 0 Å². The van der Waals surface area contributed by atoms with Crippen molar-refractivity contribution in [1.29, 1.82) is 0 Å². The van der Waals surface area contributed by atoms with Crippen molar-refractivity contribution < 1.29 is 0 Å². The van der Waals surface area contributed by atoms with E-state index in [1.807, 2.05) is 6.33 Å². The lowest BCUT2D eigenvalue weighted by molar-refractivity contribution is 0.533. The molecule has 4 nitrogen and oxygen atoms in total. The van der Waals surface area contributed by atoms with Crippen molar-refractivity contribution in [2.45, 2.75) is 33.7 Å². The van der Waals surface area contributed by atoms with Gasteiger partial charge < -0.3 is 10.3 Å². The van der Waals surface area contributed by atoms with Crippen LogP contribution < -0.4 is 5.73 Å². The number of nitrogens with two attached hydrogens (primary N) is 1. The first-order valence-electron chi connectivity index (χ1n) is 9.20. The molecule has 26 heavy (non-hydrogen) atoms. The largest absolute Gasteiger partial charge is 0.382 e. The van der Waals surface area contributed by atoms with Gasteiger partial charge in [-0.05, 0) is 41.2 Å². The van der Waals surface area contributed by atoms with Crippen molar-refractivity contribution in [3.8, 4) is 11.1 Å². The molecule has 2 heterocycles. The van der Waals surface area contributed by atoms with Gasteiger partial charge in [0.05, 0.1) is 17.4 Å². The average molecular weight is 344 g/mol. The van der Waals surface area contributed by atoms with E-state index >= 15 is 0 Å². The summed E-state index contributed by atoms with van der Waals surface area (Å²) >= 11 is 0. The van der Waals surface area contributed by atoms with Crippen molar-refractivity contribution in [1.82, 2.24) is 14.5 Å². The van der Waals surface area contributed by atoms with Gasteiger partial charge in [0.2, 0.25) is 0 Å². The van der Waals surface area contributed by atoms with Gasteiger partial charge in [0.1, 0.15) is 5.52 Å². The van der Waals surface area contributed by atoms with Crippen LogP contribution in [0.15, 0.2) is 48.8 Å². The third-order valence-electron chi connectivity index (χ3n) is 4.83. The SMILES string of the molecule is CCc1ccc(-c2ccc3nc(N)c4ncn(CC(C)C)c4c3c2)cc1. The van der Waals surface area contributed by atoms with Crippen molar-refractivity contribution in [3.05, 3.63) is 54.4 Å². The first-order chi connectivity index (χ1) is 12.6. The first kappa shape index (κ1) is 16.6. The van der Waals surface area contributed by atoms with Crippen LogP contribution in [-0.4, -0.2) is 14.5 Å². The Morgan fingerprint density at radius 3 is 2.46 bits per heavy atom. The highest BCUT2D eigenvalue weighted by molar-refractivity contribution is 6.07. The van der Waals surface area contributed by atoms with Gasteiger partial charge >= 0.3 is 0 Å². The summed E-state index contributed by atoms with van der Waals surface area (Å²) in [5, 5.41) is 1.10. The maximum absolute atomic E-state index is 6.16. The summed E-state index contributed by atoms with van der Waals surface area (Å²) in [5.74, 6) is 1.02. The Bertz CT molecular complexity index is 1070. The number of nitrogens with zero attached hydrogens (tertiary/aromatic N) is 3. The van der Waals surface area contributed by atoms with Crippen molar-refractivity contribution in [2.75, 3.05) is 5.73 Å². The molecule has 0 atom stereocenters. The number of benzene rings is 2. The molecule has 0 spiro atoms. The monoisotopic (exact) mass is 344 g/mol. The van der Waals surface area contributed by atoms with Crippen LogP contribution in [0.25, 0.3) is 33.1 Å². The lowest BCUT2D eigenvalue weighted by Gasteiger charge is -2.11. The second-order valence-corrected chi connectivity index (χ2v) is 7.27. The van der Waals surface area contributed by atoms with Crippen molar-refractivity contribution in [3.63, 3.8) is 0 Å². The fraction of sp³-hybridized carbons (Fsp3) is 0.273. The van der Waals surface area contributed by atoms with Gasteiger partial charge in [0, 0.05) is 11.9 Å². The molecule has 4 rings (SSSR count). The van der Waals surface area contributed by atoms with Gasteiger partial charge in [-0.3, -0.25) is 0 Å². The lowest BCUT2D eigenvalue weighted by atomic mass is 10.0. The number of nitrogen functional groups attached to an aromatic ring is 1. The minimum atomic E-state index is 0.495. The fourth-order valence-electron chi connectivity index (χ4n) is 3.50. The lowest BCUT2D eigenvalue weighted by Crippen LogP contribution is -2.03. The first-order valence-corrected chi connectivity index (χ1v) is 9.20. The van der Waals surface area contributed by atoms with Crippen LogP contribution in [-0.2, 0) is 13.0 Å². The third kappa shape index (κ3) is 2.81. The molecule has 2 N–H and O–H groups in total. The van der Waals surface area contributed by atoms with Gasteiger partial charge in [0.25, 0.3) is 0 Å². The smallest absolute Gasteiger partial charge is 0.152 e. The minimum Gasteiger partial charge on any atom is -0.382 e. The zero-order chi connectivity index (χ0) is 18.3. The molecular weight excluding hydrogens is 320 g/mol. The third-order valence-corrected chi connectivity index (χ3v) is 4.83. The molecule has 0 radical (unpaired) electrons. The Morgan fingerprint density at radius 1 is 1.04 bits per heavy atom. The molecule has 0 saturated heterocycles. The molecule has 0 bridgehead atoms. The number of aryl methyl sites for hydroxylation is 1. The molecule has 0 unspecified atom stereocenters. The molecule has 2 aromatic heterocycles. The van der Waals surface area contributed by atoms with E-state index in [9.17, 15) is 0 Å². The minimum absolute atomic E-state index is 0.495. The summed E-state index contributed by atoms with van der Waals surface area (Å²) in [7, 11) is 0. The molecular formula is C22H24N4. The predicted molar refractivity (Wildman–Crippen MR) is 109 cm³/mol. The summed E-state index contributed by atoms with van der Waals surface area (Å²) in [5.41, 5.74) is 12.7. The normalized spacial score (nSPS) is 11.7. The molecule has 0 aliphatic carbocycles. The summed E-state index contributed by atoms with van der Waals surface area (Å²) in [4.78, 5) is 9.08. The second kappa shape index (κ2) is 6.45. The molecule has 0 aliphatic rings. The zero-order valence-electron chi connectivity index (χ0n) is 15.5. The Morgan fingerprint density at radius 2 is 1.77 bits per heavy atom. The number of anilines is 1. The van der Waals surface area contributed by atoms with Crippen molar-refractivity contribution in [2.24, 2.45) is 5.92 Å². The van der Waals surface area contributed by atoms with Crippen LogP contribution in [0.4, 0.5) is 5.82 Å². The molecule has 0 aliphatic heterocycles. The van der Waals surface area contributed by atoms with E-state index in [-0.39, 0.29) is 0 Å². The highest BCUT2D eigenvalue weighted by Gasteiger charge is 2.14. The van der Waals surface area contributed by atoms with Gasteiger partial charge in [0.15, 0.2) is 5.82 Å². The van der Waals surface area contributed by atoms with Gasteiger partial charge in [-0.2, -0.15) is 0 Å².